The molecule has 2 aliphatic heterocycles. The van der Waals surface area contributed by atoms with Crippen molar-refractivity contribution in [2.24, 2.45) is 0 Å². The Morgan fingerprint density at radius 3 is 2.57 bits per heavy atom. The Labute approximate surface area is 177 Å². The molecular weight excluding hydrogens is 378 g/mol. The van der Waals surface area contributed by atoms with Gasteiger partial charge in [0.15, 0.2) is 0 Å². The fourth-order valence-corrected chi connectivity index (χ4v) is 4.25. The number of rotatable bonds is 6. The van der Waals surface area contributed by atoms with Crippen LogP contribution in [0.25, 0.3) is 0 Å². The summed E-state index contributed by atoms with van der Waals surface area (Å²) in [6.45, 7) is 4.91. The largest absolute Gasteiger partial charge is 0.351 e. The molecule has 1 atom stereocenters. The topological polar surface area (TPSA) is 68.8 Å². The molecule has 2 aliphatic rings. The lowest BCUT2D eigenvalue weighted by molar-refractivity contribution is -0.127. The van der Waals surface area contributed by atoms with Crippen LogP contribution in [0.2, 0.25) is 0 Å². The van der Waals surface area contributed by atoms with Gasteiger partial charge in [0.25, 0.3) is 0 Å². The van der Waals surface area contributed by atoms with Crippen LogP contribution in [0.4, 0.5) is 5.69 Å². The number of hydrogen-bond acceptors (Lipinski definition) is 5. The van der Waals surface area contributed by atoms with Gasteiger partial charge in [0.05, 0.1) is 12.6 Å². The molecule has 3 heterocycles. The van der Waals surface area contributed by atoms with Gasteiger partial charge in [-0.15, -0.1) is 0 Å². The number of piperazine rings is 1. The highest BCUT2D eigenvalue weighted by Crippen LogP contribution is 2.24. The Morgan fingerprint density at radius 2 is 1.83 bits per heavy atom. The van der Waals surface area contributed by atoms with Crippen LogP contribution in [-0.2, 0) is 16.1 Å². The number of para-hydroxylation sites is 1. The highest BCUT2D eigenvalue weighted by atomic mass is 16.2. The number of anilines is 1. The third kappa shape index (κ3) is 5.04. The zero-order valence-corrected chi connectivity index (χ0v) is 17.2. The van der Waals surface area contributed by atoms with E-state index in [9.17, 15) is 9.59 Å². The summed E-state index contributed by atoms with van der Waals surface area (Å²) in [4.78, 5) is 35.8. The first kappa shape index (κ1) is 20.5. The van der Waals surface area contributed by atoms with Crippen LogP contribution >= 0.6 is 0 Å². The molecule has 2 aromatic rings. The molecule has 1 unspecified atom stereocenters. The van der Waals surface area contributed by atoms with Gasteiger partial charge in [0, 0.05) is 57.3 Å². The lowest BCUT2D eigenvalue weighted by Gasteiger charge is -2.42. The van der Waals surface area contributed by atoms with Crippen molar-refractivity contribution in [3.05, 3.63) is 60.4 Å². The number of nitrogens with zero attached hydrogens (tertiary/aromatic N) is 4. The average molecular weight is 408 g/mol. The van der Waals surface area contributed by atoms with E-state index >= 15 is 0 Å². The second-order valence-corrected chi connectivity index (χ2v) is 7.93. The molecule has 1 aromatic heterocycles. The molecule has 0 saturated carbocycles. The molecular formula is C23H29N5O2. The number of carbonyl (C=O) groups excluding carboxylic acids is 2. The van der Waals surface area contributed by atoms with Gasteiger partial charge in [0.2, 0.25) is 11.8 Å². The number of nitrogens with one attached hydrogen (secondary N) is 1. The predicted molar refractivity (Wildman–Crippen MR) is 116 cm³/mol. The summed E-state index contributed by atoms with van der Waals surface area (Å²) < 4.78 is 0. The van der Waals surface area contributed by atoms with Crippen LogP contribution in [0.1, 0.15) is 18.4 Å². The quantitative estimate of drug-likeness (QED) is 0.786. The average Bonchev–Trinajstić information content (AvgIpc) is 2.80. The van der Waals surface area contributed by atoms with E-state index in [1.807, 2.05) is 47.4 Å². The molecule has 0 bridgehead atoms. The second kappa shape index (κ2) is 9.82. The van der Waals surface area contributed by atoms with Gasteiger partial charge in [-0.25, -0.2) is 0 Å². The van der Waals surface area contributed by atoms with Gasteiger partial charge in [-0.3, -0.25) is 24.4 Å². The van der Waals surface area contributed by atoms with Crippen LogP contribution in [0.15, 0.2) is 54.9 Å². The number of carbonyl (C=O) groups is 2. The fourth-order valence-electron chi connectivity index (χ4n) is 4.25. The standard InChI is InChI=1S/C23H29N5O2/c29-22(25-17-19-6-4-10-24-16-19)18-26-12-14-27(15-13-26)21-9-5-11-28(23(21)30)20-7-2-1-3-8-20/h1-4,6-8,10,16,21H,5,9,11-15,17-18H2,(H,25,29). The number of hydrogen-bond donors (Lipinski definition) is 1. The van der Waals surface area contributed by atoms with Crippen molar-refractivity contribution in [1.82, 2.24) is 20.1 Å². The first-order chi connectivity index (χ1) is 14.7. The summed E-state index contributed by atoms with van der Waals surface area (Å²) in [6.07, 6.45) is 5.41. The maximum atomic E-state index is 13.1. The highest BCUT2D eigenvalue weighted by Gasteiger charge is 2.35. The van der Waals surface area contributed by atoms with Gasteiger partial charge in [-0.05, 0) is 36.6 Å². The molecule has 4 rings (SSSR count). The molecule has 1 aromatic carbocycles. The molecule has 0 radical (unpaired) electrons. The Morgan fingerprint density at radius 1 is 1.03 bits per heavy atom. The van der Waals surface area contributed by atoms with Gasteiger partial charge < -0.3 is 10.2 Å². The highest BCUT2D eigenvalue weighted by molar-refractivity contribution is 5.97. The van der Waals surface area contributed by atoms with E-state index in [0.717, 1.165) is 56.8 Å². The van der Waals surface area contributed by atoms with Crippen molar-refractivity contribution in [2.75, 3.05) is 44.2 Å². The third-order valence-electron chi connectivity index (χ3n) is 5.91. The molecule has 2 saturated heterocycles. The van der Waals surface area contributed by atoms with E-state index in [2.05, 4.69) is 20.1 Å². The summed E-state index contributed by atoms with van der Waals surface area (Å²) in [5, 5.41) is 2.96. The summed E-state index contributed by atoms with van der Waals surface area (Å²) in [5.41, 5.74) is 1.98. The van der Waals surface area contributed by atoms with Gasteiger partial charge in [-0.1, -0.05) is 24.3 Å². The predicted octanol–water partition coefficient (Wildman–Crippen LogP) is 1.51. The first-order valence-corrected chi connectivity index (χ1v) is 10.7. The van der Waals surface area contributed by atoms with Crippen LogP contribution in [0.5, 0.6) is 0 Å². The third-order valence-corrected chi connectivity index (χ3v) is 5.91. The smallest absolute Gasteiger partial charge is 0.244 e. The normalized spacial score (nSPS) is 20.9. The Hall–Kier alpha value is -2.77. The molecule has 0 spiro atoms. The van der Waals surface area contributed by atoms with Crippen molar-refractivity contribution in [2.45, 2.75) is 25.4 Å². The lowest BCUT2D eigenvalue weighted by Crippen LogP contribution is -2.58. The van der Waals surface area contributed by atoms with Crippen LogP contribution < -0.4 is 10.2 Å². The molecule has 158 valence electrons. The molecule has 2 amide bonds. The van der Waals surface area contributed by atoms with E-state index in [0.29, 0.717) is 13.1 Å². The summed E-state index contributed by atoms with van der Waals surface area (Å²) in [7, 11) is 0. The first-order valence-electron chi connectivity index (χ1n) is 10.7. The molecule has 1 N–H and O–H groups in total. The van der Waals surface area contributed by atoms with E-state index in [4.69, 9.17) is 0 Å². The molecule has 30 heavy (non-hydrogen) atoms. The molecule has 7 nitrogen and oxygen atoms in total. The summed E-state index contributed by atoms with van der Waals surface area (Å²) >= 11 is 0. The SMILES string of the molecule is O=C(CN1CCN(C2CCCN(c3ccccc3)C2=O)CC1)NCc1cccnc1. The molecule has 2 fully saturated rings. The fraction of sp³-hybridized carbons (Fsp3) is 0.435. The minimum absolute atomic E-state index is 0.0244. The van der Waals surface area contributed by atoms with E-state index in [1.54, 1.807) is 12.4 Å². The summed E-state index contributed by atoms with van der Waals surface area (Å²) in [6, 6.07) is 13.7. The monoisotopic (exact) mass is 407 g/mol. The van der Waals surface area contributed by atoms with Crippen LogP contribution in [0.3, 0.4) is 0 Å². The van der Waals surface area contributed by atoms with Crippen molar-refractivity contribution < 1.29 is 9.59 Å². The second-order valence-electron chi connectivity index (χ2n) is 7.93. The Kier molecular flexibility index (Phi) is 6.71. The zero-order chi connectivity index (χ0) is 20.8. The lowest BCUT2D eigenvalue weighted by atomic mass is 10.0. The van der Waals surface area contributed by atoms with Gasteiger partial charge in [-0.2, -0.15) is 0 Å². The minimum Gasteiger partial charge on any atom is -0.351 e. The Bertz CT molecular complexity index is 837. The van der Waals surface area contributed by atoms with Crippen molar-refractivity contribution >= 4 is 17.5 Å². The van der Waals surface area contributed by atoms with Crippen LogP contribution in [0, 0.1) is 0 Å². The van der Waals surface area contributed by atoms with E-state index in [-0.39, 0.29) is 17.9 Å². The van der Waals surface area contributed by atoms with Crippen LogP contribution in [-0.4, -0.2) is 71.9 Å². The maximum Gasteiger partial charge on any atom is 0.244 e. The van der Waals surface area contributed by atoms with Crippen molar-refractivity contribution in [1.29, 1.82) is 0 Å². The minimum atomic E-state index is -0.0551. The van der Waals surface area contributed by atoms with Crippen molar-refractivity contribution in [3.8, 4) is 0 Å². The molecule has 7 heteroatoms. The van der Waals surface area contributed by atoms with E-state index in [1.165, 1.54) is 0 Å². The number of benzene rings is 1. The van der Waals surface area contributed by atoms with Gasteiger partial charge >= 0.3 is 0 Å². The van der Waals surface area contributed by atoms with Crippen molar-refractivity contribution in [3.63, 3.8) is 0 Å². The number of amides is 2. The number of pyridine rings is 1. The maximum absolute atomic E-state index is 13.1. The Balaban J connectivity index is 1.25. The number of aromatic nitrogens is 1. The zero-order valence-electron chi connectivity index (χ0n) is 17.2. The number of piperidine rings is 1. The summed E-state index contributed by atoms with van der Waals surface area (Å²) in [5.74, 6) is 0.228. The molecule has 0 aliphatic carbocycles. The van der Waals surface area contributed by atoms with E-state index < -0.39 is 0 Å². The van der Waals surface area contributed by atoms with Gasteiger partial charge in [0.1, 0.15) is 0 Å².